The van der Waals surface area contributed by atoms with Gasteiger partial charge in [0, 0.05) is 18.5 Å². The first kappa shape index (κ1) is 14.3. The molecule has 18 heavy (non-hydrogen) atoms. The fourth-order valence-electron chi connectivity index (χ4n) is 2.28. The van der Waals surface area contributed by atoms with Crippen LogP contribution >= 0.6 is 22.9 Å². The molecule has 0 aromatic carbocycles. The summed E-state index contributed by atoms with van der Waals surface area (Å²) in [5, 5.41) is 1.82. The number of hydrogen-bond donors (Lipinski definition) is 0. The summed E-state index contributed by atoms with van der Waals surface area (Å²) < 4.78 is 27.2. The number of rotatable bonds is 3. The number of nitrogens with zero attached hydrogens (tertiary/aromatic N) is 1. The molecule has 1 saturated heterocycles. The molecule has 0 radical (unpaired) electrons. The minimum Gasteiger partial charge on any atom is -0.206 e. The molecule has 3 nitrogen and oxygen atoms in total. The smallest absolute Gasteiger partial charge is 0.206 e. The number of alkyl halides is 1. The van der Waals surface area contributed by atoms with E-state index in [1.807, 2.05) is 12.3 Å². The molecule has 2 heterocycles. The lowest BCUT2D eigenvalue weighted by atomic mass is 10.1. The van der Waals surface area contributed by atoms with E-state index in [4.69, 9.17) is 11.6 Å². The molecule has 2 rings (SSSR count). The maximum atomic E-state index is 12.6. The summed E-state index contributed by atoms with van der Waals surface area (Å²) in [6.45, 7) is 2.64. The molecule has 1 aliphatic rings. The summed E-state index contributed by atoms with van der Waals surface area (Å²) >= 11 is 7.00. The molecule has 0 bridgehead atoms. The fourth-order valence-corrected chi connectivity index (χ4v) is 5.56. The number of thiophene rings is 1. The molecule has 1 unspecified atom stereocenters. The minimum absolute atomic E-state index is 0.0963. The van der Waals surface area contributed by atoms with Gasteiger partial charge in [-0.25, -0.2) is 8.42 Å². The van der Waals surface area contributed by atoms with Crippen molar-refractivity contribution in [2.75, 3.05) is 6.54 Å². The van der Waals surface area contributed by atoms with E-state index in [0.717, 1.165) is 31.2 Å². The van der Waals surface area contributed by atoms with Crippen molar-refractivity contribution in [3.8, 4) is 0 Å². The van der Waals surface area contributed by atoms with Gasteiger partial charge in [-0.1, -0.05) is 12.8 Å². The third kappa shape index (κ3) is 2.90. The largest absolute Gasteiger partial charge is 0.252 e. The molecule has 6 heteroatoms. The van der Waals surface area contributed by atoms with Gasteiger partial charge in [-0.2, -0.15) is 4.31 Å². The second-order valence-electron chi connectivity index (χ2n) is 4.72. The Morgan fingerprint density at radius 1 is 1.44 bits per heavy atom. The van der Waals surface area contributed by atoms with Gasteiger partial charge in [0.15, 0.2) is 0 Å². The maximum absolute atomic E-state index is 12.6. The Morgan fingerprint density at radius 3 is 2.89 bits per heavy atom. The van der Waals surface area contributed by atoms with E-state index in [9.17, 15) is 8.42 Å². The quantitative estimate of drug-likeness (QED) is 0.802. The lowest BCUT2D eigenvalue weighted by Crippen LogP contribution is -2.37. The van der Waals surface area contributed by atoms with Crippen LogP contribution in [0.5, 0.6) is 0 Å². The van der Waals surface area contributed by atoms with Crippen LogP contribution in [0.2, 0.25) is 0 Å². The van der Waals surface area contributed by atoms with Gasteiger partial charge in [-0.15, -0.1) is 22.9 Å². The summed E-state index contributed by atoms with van der Waals surface area (Å²) in [5.74, 6) is 0.363. The van der Waals surface area contributed by atoms with Crippen molar-refractivity contribution in [2.24, 2.45) is 0 Å². The van der Waals surface area contributed by atoms with Crippen molar-refractivity contribution in [2.45, 2.75) is 48.7 Å². The van der Waals surface area contributed by atoms with Gasteiger partial charge in [-0.3, -0.25) is 0 Å². The van der Waals surface area contributed by atoms with E-state index in [1.165, 1.54) is 11.3 Å². The Balaban J connectivity index is 2.28. The Hall–Kier alpha value is -0.100. The summed E-state index contributed by atoms with van der Waals surface area (Å²) in [5.41, 5.74) is 0.878. The maximum Gasteiger partial charge on any atom is 0.252 e. The van der Waals surface area contributed by atoms with Crippen molar-refractivity contribution in [1.29, 1.82) is 0 Å². The number of halogens is 1. The first-order valence-corrected chi connectivity index (χ1v) is 9.06. The minimum atomic E-state index is -3.33. The molecule has 0 amide bonds. The van der Waals surface area contributed by atoms with E-state index in [0.29, 0.717) is 16.6 Å². The van der Waals surface area contributed by atoms with Crippen molar-refractivity contribution < 1.29 is 8.42 Å². The van der Waals surface area contributed by atoms with E-state index in [1.54, 1.807) is 10.4 Å². The highest BCUT2D eigenvalue weighted by molar-refractivity contribution is 7.91. The van der Waals surface area contributed by atoms with Crippen LogP contribution in [0.15, 0.2) is 15.7 Å². The monoisotopic (exact) mass is 307 g/mol. The van der Waals surface area contributed by atoms with Gasteiger partial charge < -0.3 is 0 Å². The van der Waals surface area contributed by atoms with Gasteiger partial charge in [0.2, 0.25) is 0 Å². The highest BCUT2D eigenvalue weighted by atomic mass is 35.5. The molecule has 0 spiro atoms. The summed E-state index contributed by atoms with van der Waals surface area (Å²) in [4.78, 5) is 0. The van der Waals surface area contributed by atoms with Crippen molar-refractivity contribution in [3.05, 3.63) is 17.0 Å². The van der Waals surface area contributed by atoms with Gasteiger partial charge in [-0.05, 0) is 36.8 Å². The SMILES string of the molecule is CC1CCCCCN1S(=O)(=O)c1cc(CCl)cs1. The fraction of sp³-hybridized carbons (Fsp3) is 0.667. The van der Waals surface area contributed by atoms with Gasteiger partial charge >= 0.3 is 0 Å². The van der Waals surface area contributed by atoms with E-state index in [-0.39, 0.29) is 6.04 Å². The highest BCUT2D eigenvalue weighted by Gasteiger charge is 2.30. The average Bonchev–Trinajstić information content (AvgIpc) is 2.72. The van der Waals surface area contributed by atoms with Crippen molar-refractivity contribution in [1.82, 2.24) is 4.31 Å². The van der Waals surface area contributed by atoms with Crippen LogP contribution in [-0.4, -0.2) is 25.3 Å². The summed E-state index contributed by atoms with van der Waals surface area (Å²) in [6.07, 6.45) is 4.14. The van der Waals surface area contributed by atoms with Crippen LogP contribution in [0, 0.1) is 0 Å². The zero-order valence-corrected chi connectivity index (χ0v) is 12.8. The van der Waals surface area contributed by atoms with Gasteiger partial charge in [0.05, 0.1) is 0 Å². The zero-order chi connectivity index (χ0) is 13.2. The Labute approximate surface area is 118 Å². The molecule has 0 N–H and O–H groups in total. The lowest BCUT2D eigenvalue weighted by molar-refractivity contribution is 0.343. The lowest BCUT2D eigenvalue weighted by Gasteiger charge is -2.25. The predicted molar refractivity (Wildman–Crippen MR) is 75.7 cm³/mol. The molecule has 102 valence electrons. The summed E-state index contributed by atoms with van der Waals surface area (Å²) in [6, 6.07) is 1.80. The third-order valence-electron chi connectivity index (χ3n) is 3.34. The Bertz CT molecular complexity index is 498. The first-order valence-electron chi connectivity index (χ1n) is 6.21. The molecule has 0 aliphatic carbocycles. The van der Waals surface area contributed by atoms with E-state index >= 15 is 0 Å². The predicted octanol–water partition coefficient (Wildman–Crippen LogP) is 3.44. The molecule has 0 saturated carbocycles. The normalized spacial score (nSPS) is 22.9. The Kier molecular flexibility index (Phi) is 4.69. The van der Waals surface area contributed by atoms with Crippen LogP contribution in [0.4, 0.5) is 0 Å². The Morgan fingerprint density at radius 2 is 2.22 bits per heavy atom. The summed E-state index contributed by atoms with van der Waals surface area (Å²) in [7, 11) is -3.33. The van der Waals surface area contributed by atoms with E-state index in [2.05, 4.69) is 0 Å². The van der Waals surface area contributed by atoms with Gasteiger partial charge in [0.25, 0.3) is 10.0 Å². The number of sulfonamides is 1. The van der Waals surface area contributed by atoms with Crippen LogP contribution in [0.25, 0.3) is 0 Å². The highest BCUT2D eigenvalue weighted by Crippen LogP contribution is 2.29. The van der Waals surface area contributed by atoms with Crippen LogP contribution in [-0.2, 0) is 15.9 Å². The molecule has 1 fully saturated rings. The van der Waals surface area contributed by atoms with Gasteiger partial charge in [0.1, 0.15) is 4.21 Å². The first-order chi connectivity index (χ1) is 8.55. The van der Waals surface area contributed by atoms with Crippen molar-refractivity contribution in [3.63, 3.8) is 0 Å². The molecule has 1 aliphatic heterocycles. The number of hydrogen-bond acceptors (Lipinski definition) is 3. The topological polar surface area (TPSA) is 37.4 Å². The average molecular weight is 308 g/mol. The second-order valence-corrected chi connectivity index (χ2v) is 8.02. The molecular weight excluding hydrogens is 290 g/mol. The molecule has 1 aromatic rings. The molecule has 1 aromatic heterocycles. The van der Waals surface area contributed by atoms with Crippen LogP contribution < -0.4 is 0 Å². The zero-order valence-electron chi connectivity index (χ0n) is 10.4. The van der Waals surface area contributed by atoms with Crippen LogP contribution in [0.3, 0.4) is 0 Å². The van der Waals surface area contributed by atoms with Crippen LogP contribution in [0.1, 0.15) is 38.2 Å². The third-order valence-corrected chi connectivity index (χ3v) is 7.13. The van der Waals surface area contributed by atoms with E-state index < -0.39 is 10.0 Å². The standard InChI is InChI=1S/C12H18ClNO2S2/c1-10-5-3-2-4-6-14(10)18(15,16)12-7-11(8-13)9-17-12/h7,9-10H,2-6,8H2,1H3. The molecule has 1 atom stereocenters. The molecular formula is C12H18ClNO2S2. The second kappa shape index (κ2) is 5.90. The van der Waals surface area contributed by atoms with Crippen molar-refractivity contribution >= 4 is 33.0 Å².